The van der Waals surface area contributed by atoms with E-state index in [4.69, 9.17) is 6.57 Å². The van der Waals surface area contributed by atoms with Crippen molar-refractivity contribution in [2.75, 3.05) is 9.80 Å². The van der Waals surface area contributed by atoms with E-state index in [1.807, 2.05) is 24.3 Å². The zero-order valence-corrected chi connectivity index (χ0v) is 70.9. The van der Waals surface area contributed by atoms with Gasteiger partial charge >= 0.3 is 0 Å². The Morgan fingerprint density at radius 2 is 0.607 bits per heavy atom. The SMILES string of the molecule is [C-]#[N+]c1ccc(-c2ccc(N3c4cc(-n5c6ccc(C(C)(C)C)cc6c6cc(C(C)(C)C)ccc65)ccc4B4c5ccc(-n6c7ccc(C(C)(C)C)cc7c7cc(C(C)(C)C)ccc76)cc5N(c5ccc(-c6ccc(C#N)cc6)cc5-c5ccc(C(C)(C)C)cc5)c5cc(-c6ccccc6)cc3c54)c(-c3ccc(C(C)(C)C)cc3)c2)cc1. The van der Waals surface area contributed by atoms with E-state index in [-0.39, 0.29) is 39.2 Å². The highest BCUT2D eigenvalue weighted by Gasteiger charge is 2.46. The first-order valence-corrected chi connectivity index (χ1v) is 41.5. The monoisotopic (exact) mass is 1520 g/mol. The van der Waals surface area contributed by atoms with Crippen molar-refractivity contribution in [2.24, 2.45) is 0 Å². The molecule has 0 fully saturated rings. The normalized spacial score (nSPS) is 13.1. The number of aromatic nitrogens is 2. The fourth-order valence-electron chi connectivity index (χ4n) is 18.1. The second kappa shape index (κ2) is 27.5. The highest BCUT2D eigenvalue weighted by Crippen LogP contribution is 2.53. The van der Waals surface area contributed by atoms with E-state index in [1.54, 1.807) is 0 Å². The van der Waals surface area contributed by atoms with Crippen molar-refractivity contribution in [3.63, 3.8) is 0 Å². The molecule has 0 atom stereocenters. The smallest absolute Gasteiger partial charge is 0.252 e. The lowest BCUT2D eigenvalue weighted by atomic mass is 9.33. The second-order valence-electron chi connectivity index (χ2n) is 38.9. The summed E-state index contributed by atoms with van der Waals surface area (Å²) in [4.78, 5) is 9.10. The molecule has 0 saturated heterocycles. The van der Waals surface area contributed by atoms with Crippen molar-refractivity contribution >= 4 is 107 Å². The van der Waals surface area contributed by atoms with Crippen LogP contribution in [0.2, 0.25) is 0 Å². The Hall–Kier alpha value is -12.7. The second-order valence-corrected chi connectivity index (χ2v) is 38.9. The van der Waals surface area contributed by atoms with E-state index in [2.05, 4.69) is 415 Å². The lowest BCUT2D eigenvalue weighted by Crippen LogP contribution is -2.61. The van der Waals surface area contributed by atoms with E-state index < -0.39 is 0 Å². The summed E-state index contributed by atoms with van der Waals surface area (Å²) >= 11 is 0. The third kappa shape index (κ3) is 13.2. The predicted octanol–water partition coefficient (Wildman–Crippen LogP) is 28.5. The Labute approximate surface area is 691 Å². The average Bonchev–Trinajstić information content (AvgIpc) is 0.730. The van der Waals surface area contributed by atoms with Crippen LogP contribution in [0.15, 0.2) is 285 Å². The van der Waals surface area contributed by atoms with Crippen LogP contribution in [0.25, 0.3) is 115 Å². The minimum atomic E-state index is -0.300. The van der Waals surface area contributed by atoms with Crippen molar-refractivity contribution in [3.8, 4) is 73.1 Å². The summed E-state index contributed by atoms with van der Waals surface area (Å²) in [5.74, 6) is 0. The van der Waals surface area contributed by atoms with Crippen LogP contribution >= 0.6 is 0 Å². The van der Waals surface area contributed by atoms with Gasteiger partial charge in [0, 0.05) is 66.8 Å². The predicted molar refractivity (Wildman–Crippen MR) is 499 cm³/mol. The number of hydrogen-bond donors (Lipinski definition) is 0. The van der Waals surface area contributed by atoms with Gasteiger partial charge < -0.3 is 18.9 Å². The van der Waals surface area contributed by atoms with E-state index >= 15 is 0 Å². The van der Waals surface area contributed by atoms with Crippen LogP contribution in [0.4, 0.5) is 39.8 Å². The summed E-state index contributed by atoms with van der Waals surface area (Å²) in [6.07, 6.45) is 0. The quantitative estimate of drug-likeness (QED) is 0.107. The Morgan fingerprint density at radius 1 is 0.282 bits per heavy atom. The fraction of sp³-hybridized carbons (Fsp3) is 0.218. The molecule has 16 aromatic rings. The molecule has 6 nitrogen and oxygen atoms in total. The molecule has 2 aliphatic rings. The van der Waals surface area contributed by atoms with Crippen molar-refractivity contribution in [1.82, 2.24) is 9.13 Å². The van der Waals surface area contributed by atoms with Crippen LogP contribution in [-0.2, 0) is 32.5 Å². The van der Waals surface area contributed by atoms with Crippen molar-refractivity contribution < 1.29 is 0 Å². The summed E-state index contributed by atoms with van der Waals surface area (Å²) in [5, 5.41) is 15.1. The van der Waals surface area contributed by atoms with Gasteiger partial charge in [-0.05, 0) is 248 Å². The number of nitrogens with zero attached hydrogens (tertiary/aromatic N) is 6. The molecule has 574 valence electrons. The largest absolute Gasteiger partial charge is 0.311 e. The Bertz CT molecular complexity index is 6260. The van der Waals surface area contributed by atoms with Gasteiger partial charge in [-0.1, -0.05) is 288 Å². The van der Waals surface area contributed by atoms with Gasteiger partial charge in [0.2, 0.25) is 0 Å². The highest BCUT2D eigenvalue weighted by molar-refractivity contribution is 7.00. The van der Waals surface area contributed by atoms with Gasteiger partial charge in [0.1, 0.15) is 0 Å². The third-order valence-electron chi connectivity index (χ3n) is 24.9. The van der Waals surface area contributed by atoms with Gasteiger partial charge in [0.05, 0.1) is 51.6 Å². The molecule has 0 bridgehead atoms. The lowest BCUT2D eigenvalue weighted by molar-refractivity contribution is 0.590. The molecular formula is C110H101BN6. The van der Waals surface area contributed by atoms with Crippen molar-refractivity contribution in [2.45, 2.75) is 157 Å². The molecule has 0 unspecified atom stereocenters. The van der Waals surface area contributed by atoms with E-state index in [0.717, 1.165) is 123 Å². The molecule has 18 rings (SSSR count). The topological polar surface area (TPSA) is 44.5 Å². The highest BCUT2D eigenvalue weighted by atomic mass is 15.2. The molecular weight excluding hydrogens is 1420 g/mol. The van der Waals surface area contributed by atoms with Gasteiger partial charge in [0.15, 0.2) is 5.69 Å². The number of anilines is 6. The zero-order valence-electron chi connectivity index (χ0n) is 70.9. The molecule has 0 saturated carbocycles. The van der Waals surface area contributed by atoms with Gasteiger partial charge in [0.25, 0.3) is 6.71 Å². The summed E-state index contributed by atoms with van der Waals surface area (Å²) < 4.78 is 5.07. The maximum Gasteiger partial charge on any atom is 0.252 e. The first kappa shape index (κ1) is 75.7. The third-order valence-corrected chi connectivity index (χ3v) is 24.9. The Morgan fingerprint density at radius 3 is 0.949 bits per heavy atom. The molecule has 0 aliphatic carbocycles. The van der Waals surface area contributed by atoms with Gasteiger partial charge in [-0.3, -0.25) is 0 Å². The lowest BCUT2D eigenvalue weighted by Gasteiger charge is -2.45. The summed E-state index contributed by atoms with van der Waals surface area (Å²) in [7, 11) is 0. The van der Waals surface area contributed by atoms with Crippen LogP contribution < -0.4 is 26.2 Å². The fourth-order valence-corrected chi connectivity index (χ4v) is 18.1. The maximum absolute atomic E-state index is 10.1. The molecule has 0 amide bonds. The van der Waals surface area contributed by atoms with E-state index in [1.165, 1.54) is 71.3 Å². The minimum absolute atomic E-state index is 0.0831. The molecule has 0 spiro atoms. The number of hydrogen-bond acceptors (Lipinski definition) is 3. The first-order valence-electron chi connectivity index (χ1n) is 41.5. The molecule has 14 aromatic carbocycles. The zero-order chi connectivity index (χ0) is 81.9. The van der Waals surface area contributed by atoms with Crippen LogP contribution in [0.5, 0.6) is 0 Å². The summed E-state index contributed by atoms with van der Waals surface area (Å²) in [6, 6.07) is 111. The summed E-state index contributed by atoms with van der Waals surface area (Å²) in [5.41, 5.74) is 35.8. The Balaban J connectivity index is 0.991. The number of fused-ring (bicyclic) bond motifs is 10. The number of nitriles is 1. The van der Waals surface area contributed by atoms with E-state index in [0.29, 0.717) is 11.3 Å². The molecule has 117 heavy (non-hydrogen) atoms. The first-order chi connectivity index (χ1) is 55.7. The molecule has 2 aromatic heterocycles. The summed E-state index contributed by atoms with van der Waals surface area (Å²) in [6.45, 7) is 49.3. The average molecular weight is 1520 g/mol. The van der Waals surface area contributed by atoms with E-state index in [9.17, 15) is 5.26 Å². The Kier molecular flexibility index (Phi) is 17.8. The van der Waals surface area contributed by atoms with Gasteiger partial charge in [-0.2, -0.15) is 5.26 Å². The maximum atomic E-state index is 10.1. The number of benzene rings is 14. The van der Waals surface area contributed by atoms with Gasteiger partial charge in [-0.15, -0.1) is 0 Å². The van der Waals surface area contributed by atoms with Crippen molar-refractivity contribution in [3.05, 3.63) is 335 Å². The van der Waals surface area contributed by atoms with Crippen LogP contribution in [0.3, 0.4) is 0 Å². The standard InChI is InChI=1S/C110H101BN6/c1-105(2,3)77-37-29-72(30-38-77)86-57-74(70-27-25-68(67-112)26-28-70)35-51-94(86)116-100-65-84(114-96-53-41-79(107(7,8)9)61-88(96)89-62-80(108(10,11)12)42-54-97(89)114)47-49-92(100)111-93-50-48-85(115-98-55-43-81(109(13,14)15)63-90(98)91-64-82(110(16,17)18)44-56-99(91)115)66-101(93)117(103-60-76(59-102(116)104(103)111)69-23-21-20-22-24-69)95-52-36-75(71-33-45-83(113-19)46-34-71)58-87(95)73-31-39-78(40-32-73)106(4,5)6/h20-66H,1-18H3. The minimum Gasteiger partial charge on any atom is -0.311 e. The molecule has 0 radical (unpaired) electrons. The van der Waals surface area contributed by atoms with Crippen molar-refractivity contribution in [1.29, 1.82) is 5.26 Å². The van der Waals surface area contributed by atoms with Crippen LogP contribution in [0.1, 0.15) is 164 Å². The molecule has 2 aliphatic heterocycles. The number of rotatable bonds is 9. The molecule has 4 heterocycles. The van der Waals surface area contributed by atoms with Crippen LogP contribution in [-0.4, -0.2) is 15.8 Å². The molecule has 0 N–H and O–H groups in total. The van der Waals surface area contributed by atoms with Crippen LogP contribution in [0, 0.1) is 17.9 Å². The molecule has 7 heteroatoms. The van der Waals surface area contributed by atoms with Gasteiger partial charge in [-0.25, -0.2) is 4.85 Å².